The van der Waals surface area contributed by atoms with Crippen molar-refractivity contribution < 1.29 is 14.7 Å². The Bertz CT molecular complexity index is 500. The molecule has 2 atom stereocenters. The summed E-state index contributed by atoms with van der Waals surface area (Å²) in [5.74, 6) is 0.219. The Morgan fingerprint density at radius 2 is 2.19 bits per heavy atom. The van der Waals surface area contributed by atoms with Gasteiger partial charge in [-0.3, -0.25) is 9.48 Å². The van der Waals surface area contributed by atoms with Crippen LogP contribution in [-0.4, -0.2) is 33.4 Å². The lowest BCUT2D eigenvalue weighted by Gasteiger charge is -2.28. The van der Waals surface area contributed by atoms with Gasteiger partial charge in [-0.15, -0.1) is 0 Å². The molecule has 1 aromatic rings. The van der Waals surface area contributed by atoms with E-state index in [2.05, 4.69) is 22.7 Å². The maximum Gasteiger partial charge on any atom is 0.325 e. The van der Waals surface area contributed by atoms with Gasteiger partial charge in [-0.1, -0.05) is 26.2 Å². The van der Waals surface area contributed by atoms with Crippen LogP contribution in [0.4, 0.5) is 10.5 Å². The van der Waals surface area contributed by atoms with Crippen molar-refractivity contribution in [2.24, 2.45) is 11.8 Å². The Morgan fingerprint density at radius 1 is 1.43 bits per heavy atom. The first kappa shape index (κ1) is 15.3. The van der Waals surface area contributed by atoms with E-state index in [1.807, 2.05) is 0 Å². The molecule has 0 aromatic carbocycles. The molecule has 116 valence electrons. The summed E-state index contributed by atoms with van der Waals surface area (Å²) in [5.41, 5.74) is 0.491. The van der Waals surface area contributed by atoms with E-state index in [0.29, 0.717) is 24.1 Å². The van der Waals surface area contributed by atoms with E-state index in [1.165, 1.54) is 36.3 Å². The number of carbonyl (C=O) groups excluding carboxylic acids is 1. The topological polar surface area (TPSA) is 96.3 Å². The standard InChI is InChI=1S/C14H22N4O3/c1-10-4-2-3-5-11(10)6-15-14(21)17-12-7-16-18(8-12)9-13(19)20/h7-8,10-11H,2-6,9H2,1H3,(H,19,20)(H2,15,17,21). The van der Waals surface area contributed by atoms with Crippen molar-refractivity contribution in [3.8, 4) is 0 Å². The molecule has 1 fully saturated rings. The maximum absolute atomic E-state index is 11.8. The molecule has 3 N–H and O–H groups in total. The number of anilines is 1. The molecular weight excluding hydrogens is 272 g/mol. The minimum Gasteiger partial charge on any atom is -0.480 e. The fourth-order valence-corrected chi connectivity index (χ4v) is 2.75. The van der Waals surface area contributed by atoms with Crippen molar-refractivity contribution in [2.75, 3.05) is 11.9 Å². The highest BCUT2D eigenvalue weighted by Crippen LogP contribution is 2.28. The average molecular weight is 294 g/mol. The molecule has 7 heteroatoms. The lowest BCUT2D eigenvalue weighted by Crippen LogP contribution is -2.36. The van der Waals surface area contributed by atoms with Crippen molar-refractivity contribution in [1.29, 1.82) is 0 Å². The molecule has 1 heterocycles. The van der Waals surface area contributed by atoms with Gasteiger partial charge in [-0.05, 0) is 18.3 Å². The Labute approximate surface area is 123 Å². The zero-order valence-corrected chi connectivity index (χ0v) is 12.2. The fraction of sp³-hybridized carbons (Fsp3) is 0.643. The first-order valence-corrected chi connectivity index (χ1v) is 7.33. The molecule has 2 amide bonds. The molecule has 2 rings (SSSR count). The molecule has 7 nitrogen and oxygen atoms in total. The molecule has 0 radical (unpaired) electrons. The van der Waals surface area contributed by atoms with Gasteiger partial charge in [-0.25, -0.2) is 4.79 Å². The summed E-state index contributed by atoms with van der Waals surface area (Å²) in [6.45, 7) is 2.69. The molecule has 21 heavy (non-hydrogen) atoms. The number of aromatic nitrogens is 2. The third kappa shape index (κ3) is 4.77. The van der Waals surface area contributed by atoms with Crippen LogP contribution in [0.25, 0.3) is 0 Å². The van der Waals surface area contributed by atoms with Gasteiger partial charge < -0.3 is 15.7 Å². The van der Waals surface area contributed by atoms with Crippen LogP contribution in [0.2, 0.25) is 0 Å². The Morgan fingerprint density at radius 3 is 2.90 bits per heavy atom. The molecule has 2 unspecified atom stereocenters. The maximum atomic E-state index is 11.8. The molecule has 0 aliphatic heterocycles. The molecule has 1 saturated carbocycles. The number of aliphatic carboxylic acids is 1. The van der Waals surface area contributed by atoms with Gasteiger partial charge in [0.05, 0.1) is 11.9 Å². The lowest BCUT2D eigenvalue weighted by molar-refractivity contribution is -0.137. The molecule has 0 spiro atoms. The smallest absolute Gasteiger partial charge is 0.325 e. The number of rotatable bonds is 5. The van der Waals surface area contributed by atoms with Crippen molar-refractivity contribution >= 4 is 17.7 Å². The van der Waals surface area contributed by atoms with Gasteiger partial charge >= 0.3 is 12.0 Å². The van der Waals surface area contributed by atoms with Crippen LogP contribution in [0.5, 0.6) is 0 Å². The monoisotopic (exact) mass is 294 g/mol. The number of hydrogen-bond donors (Lipinski definition) is 3. The Balaban J connectivity index is 1.76. The van der Waals surface area contributed by atoms with Crippen molar-refractivity contribution in [2.45, 2.75) is 39.2 Å². The van der Waals surface area contributed by atoms with E-state index in [-0.39, 0.29) is 12.6 Å². The third-order valence-corrected chi connectivity index (χ3v) is 4.00. The molecular formula is C14H22N4O3. The average Bonchev–Trinajstić information content (AvgIpc) is 2.84. The minimum absolute atomic E-state index is 0.219. The zero-order valence-electron chi connectivity index (χ0n) is 12.2. The van der Waals surface area contributed by atoms with E-state index in [1.54, 1.807) is 0 Å². The largest absolute Gasteiger partial charge is 0.480 e. The van der Waals surface area contributed by atoms with Crippen LogP contribution < -0.4 is 10.6 Å². The summed E-state index contributed by atoms with van der Waals surface area (Å²) < 4.78 is 1.27. The van der Waals surface area contributed by atoms with Crippen LogP contribution in [0.1, 0.15) is 32.6 Å². The molecule has 1 aromatic heterocycles. The zero-order chi connectivity index (χ0) is 15.2. The van der Waals surface area contributed by atoms with Gasteiger partial charge in [0, 0.05) is 12.7 Å². The predicted octanol–water partition coefficient (Wildman–Crippen LogP) is 1.92. The molecule has 1 aliphatic rings. The summed E-state index contributed by atoms with van der Waals surface area (Å²) in [6.07, 6.45) is 7.85. The quantitative estimate of drug-likeness (QED) is 0.773. The normalized spacial score (nSPS) is 21.8. The first-order chi connectivity index (χ1) is 10.0. The Hall–Kier alpha value is -2.05. The van der Waals surface area contributed by atoms with Crippen molar-refractivity contribution in [3.63, 3.8) is 0 Å². The second-order valence-corrected chi connectivity index (χ2v) is 5.68. The number of carboxylic acids is 1. The lowest BCUT2D eigenvalue weighted by atomic mass is 9.80. The summed E-state index contributed by atoms with van der Waals surface area (Å²) in [6, 6.07) is -0.275. The van der Waals surface area contributed by atoms with Gasteiger partial charge in [0.15, 0.2) is 0 Å². The molecule has 0 saturated heterocycles. The number of carboxylic acid groups (broad SMARTS) is 1. The summed E-state index contributed by atoms with van der Waals surface area (Å²) in [5, 5.41) is 18.1. The molecule has 0 bridgehead atoms. The van der Waals surface area contributed by atoms with Crippen molar-refractivity contribution in [3.05, 3.63) is 12.4 Å². The predicted molar refractivity (Wildman–Crippen MR) is 78.0 cm³/mol. The van der Waals surface area contributed by atoms with Crippen LogP contribution in [0, 0.1) is 11.8 Å². The van der Waals surface area contributed by atoms with Crippen molar-refractivity contribution in [1.82, 2.24) is 15.1 Å². The number of amides is 2. The van der Waals surface area contributed by atoms with E-state index >= 15 is 0 Å². The highest BCUT2D eigenvalue weighted by atomic mass is 16.4. The second kappa shape index (κ2) is 7.10. The number of nitrogens with zero attached hydrogens (tertiary/aromatic N) is 2. The number of urea groups is 1. The van der Waals surface area contributed by atoms with E-state index < -0.39 is 5.97 Å². The van der Waals surface area contributed by atoms with Gasteiger partial charge in [0.1, 0.15) is 6.54 Å². The first-order valence-electron chi connectivity index (χ1n) is 7.33. The van der Waals surface area contributed by atoms with Gasteiger partial charge in [-0.2, -0.15) is 5.10 Å². The highest BCUT2D eigenvalue weighted by molar-refractivity contribution is 5.88. The van der Waals surface area contributed by atoms with Crippen LogP contribution >= 0.6 is 0 Å². The van der Waals surface area contributed by atoms with Crippen LogP contribution in [0.15, 0.2) is 12.4 Å². The summed E-state index contributed by atoms with van der Waals surface area (Å²) >= 11 is 0. The van der Waals surface area contributed by atoms with E-state index in [0.717, 1.165) is 6.42 Å². The SMILES string of the molecule is CC1CCCCC1CNC(=O)Nc1cnn(CC(=O)O)c1. The number of hydrogen-bond acceptors (Lipinski definition) is 3. The van der Waals surface area contributed by atoms with E-state index in [4.69, 9.17) is 5.11 Å². The third-order valence-electron chi connectivity index (χ3n) is 4.00. The highest BCUT2D eigenvalue weighted by Gasteiger charge is 2.21. The summed E-state index contributed by atoms with van der Waals surface area (Å²) in [4.78, 5) is 22.4. The number of nitrogens with one attached hydrogen (secondary N) is 2. The van der Waals surface area contributed by atoms with Gasteiger partial charge in [0.25, 0.3) is 0 Å². The Kier molecular flexibility index (Phi) is 5.19. The molecule has 1 aliphatic carbocycles. The second-order valence-electron chi connectivity index (χ2n) is 5.68. The summed E-state index contributed by atoms with van der Waals surface area (Å²) in [7, 11) is 0. The van der Waals surface area contributed by atoms with Crippen LogP contribution in [0.3, 0.4) is 0 Å². The van der Waals surface area contributed by atoms with E-state index in [9.17, 15) is 9.59 Å². The van der Waals surface area contributed by atoms with Gasteiger partial charge in [0.2, 0.25) is 0 Å². The fourth-order valence-electron chi connectivity index (χ4n) is 2.75. The number of carbonyl (C=O) groups is 2. The minimum atomic E-state index is -0.972. The van der Waals surface area contributed by atoms with Crippen LogP contribution in [-0.2, 0) is 11.3 Å².